The number of carbonyl (C=O) groups excluding carboxylic acids is 1. The van der Waals surface area contributed by atoms with Gasteiger partial charge in [-0.05, 0) is 48.2 Å². The first kappa shape index (κ1) is 27.6. The number of ether oxygens (including phenoxy) is 2. The highest BCUT2D eigenvalue weighted by molar-refractivity contribution is 7.10. The van der Waals surface area contributed by atoms with Crippen LogP contribution in [0, 0.1) is 5.82 Å². The van der Waals surface area contributed by atoms with E-state index in [0.717, 1.165) is 16.0 Å². The van der Waals surface area contributed by atoms with E-state index in [0.29, 0.717) is 31.9 Å². The largest absolute Gasteiger partial charge is 0.488 e. The van der Waals surface area contributed by atoms with Gasteiger partial charge in [0, 0.05) is 16.0 Å². The molecule has 5 aromatic rings. The number of thiazole rings is 1. The number of benzene rings is 3. The van der Waals surface area contributed by atoms with Gasteiger partial charge in [-0.2, -0.15) is 0 Å². The lowest BCUT2D eigenvalue weighted by Crippen LogP contribution is -2.39. The second kappa shape index (κ2) is 12.1. The number of rotatable bonds is 8. The first-order valence-corrected chi connectivity index (χ1v) is 15.0. The van der Waals surface area contributed by atoms with Crippen LogP contribution >= 0.6 is 22.7 Å². The number of carbonyl (C=O) groups is 1. The number of esters is 1. The molecule has 1 aliphatic heterocycles. The molecule has 0 amide bonds. The van der Waals surface area contributed by atoms with Gasteiger partial charge in [0.2, 0.25) is 0 Å². The molecule has 3 heterocycles. The standard InChI is InChI=1S/C33H25FN2O4S2/c1-2-39-32(38)28-29(22-9-4-3-5-10-22)35-33-36(30(28)26-13-8-18-41-26)31(37)27(42-33)19-23-11-6-7-12-25(23)40-20-21-14-16-24(34)17-15-21/h3-19,30H,2,20H2,1H3/b27-19-/t30-/m1/s1. The highest BCUT2D eigenvalue weighted by Gasteiger charge is 2.35. The Balaban J connectivity index is 1.49. The lowest BCUT2D eigenvalue weighted by Gasteiger charge is -2.24. The van der Waals surface area contributed by atoms with Crippen molar-refractivity contribution in [1.82, 2.24) is 4.57 Å². The maximum absolute atomic E-state index is 14.1. The SMILES string of the molecule is CCOC(=O)C1=C(c2ccccc2)N=c2s/c(=C\c3ccccc3OCc3ccc(F)cc3)c(=O)n2[C@@H]1c1cccs1. The molecule has 0 fully saturated rings. The van der Waals surface area contributed by atoms with Crippen molar-refractivity contribution in [3.05, 3.63) is 149 Å². The number of nitrogens with zero attached hydrogens (tertiary/aromatic N) is 2. The summed E-state index contributed by atoms with van der Waals surface area (Å²) >= 11 is 2.72. The topological polar surface area (TPSA) is 69.9 Å². The highest BCUT2D eigenvalue weighted by atomic mass is 32.1. The number of aromatic nitrogens is 1. The van der Waals surface area contributed by atoms with Crippen molar-refractivity contribution in [2.24, 2.45) is 4.99 Å². The van der Waals surface area contributed by atoms with Crippen molar-refractivity contribution in [2.75, 3.05) is 6.61 Å². The van der Waals surface area contributed by atoms with Crippen LogP contribution < -0.4 is 19.6 Å². The van der Waals surface area contributed by atoms with Gasteiger partial charge in [0.25, 0.3) is 5.56 Å². The fraction of sp³-hybridized carbons (Fsp3) is 0.121. The Morgan fingerprint density at radius 3 is 2.50 bits per heavy atom. The molecule has 1 aliphatic rings. The Morgan fingerprint density at radius 2 is 1.76 bits per heavy atom. The first-order chi connectivity index (χ1) is 20.5. The van der Waals surface area contributed by atoms with Crippen LogP contribution in [0.3, 0.4) is 0 Å². The number of thiophene rings is 1. The third-order valence-electron chi connectivity index (χ3n) is 6.70. The summed E-state index contributed by atoms with van der Waals surface area (Å²) in [7, 11) is 0. The molecule has 0 saturated carbocycles. The molecule has 210 valence electrons. The van der Waals surface area contributed by atoms with Crippen LogP contribution in [-0.2, 0) is 16.1 Å². The highest BCUT2D eigenvalue weighted by Crippen LogP contribution is 2.36. The summed E-state index contributed by atoms with van der Waals surface area (Å²) in [4.78, 5) is 33.7. The average molecular weight is 597 g/mol. The zero-order valence-corrected chi connectivity index (χ0v) is 24.2. The Hall–Kier alpha value is -4.60. The molecule has 9 heteroatoms. The van der Waals surface area contributed by atoms with Crippen molar-refractivity contribution in [2.45, 2.75) is 19.6 Å². The Kier molecular flexibility index (Phi) is 7.94. The zero-order chi connectivity index (χ0) is 29.1. The van der Waals surface area contributed by atoms with Crippen molar-refractivity contribution in [3.63, 3.8) is 0 Å². The number of hydrogen-bond acceptors (Lipinski definition) is 7. The summed E-state index contributed by atoms with van der Waals surface area (Å²) < 4.78 is 26.9. The quantitative estimate of drug-likeness (QED) is 0.215. The van der Waals surface area contributed by atoms with E-state index in [4.69, 9.17) is 14.5 Å². The van der Waals surface area contributed by atoms with Crippen LogP contribution in [0.4, 0.5) is 4.39 Å². The molecular weight excluding hydrogens is 572 g/mol. The number of halogens is 1. The van der Waals surface area contributed by atoms with Crippen LogP contribution in [0.15, 0.2) is 112 Å². The predicted octanol–water partition coefficient (Wildman–Crippen LogP) is 5.72. The van der Waals surface area contributed by atoms with E-state index in [2.05, 4.69) is 0 Å². The molecule has 3 aromatic carbocycles. The van der Waals surface area contributed by atoms with Crippen molar-refractivity contribution in [1.29, 1.82) is 0 Å². The molecule has 6 nitrogen and oxygen atoms in total. The molecule has 0 radical (unpaired) electrons. The molecule has 0 N–H and O–H groups in total. The van der Waals surface area contributed by atoms with Crippen LogP contribution in [0.1, 0.15) is 34.5 Å². The molecule has 2 aromatic heterocycles. The van der Waals surface area contributed by atoms with Gasteiger partial charge in [-0.3, -0.25) is 9.36 Å². The lowest BCUT2D eigenvalue weighted by molar-refractivity contribution is -0.138. The maximum Gasteiger partial charge on any atom is 0.338 e. The van der Waals surface area contributed by atoms with E-state index in [1.807, 2.05) is 72.1 Å². The molecule has 0 bridgehead atoms. The van der Waals surface area contributed by atoms with Gasteiger partial charge < -0.3 is 9.47 Å². The molecule has 0 saturated heterocycles. The van der Waals surface area contributed by atoms with E-state index in [1.165, 1.54) is 34.8 Å². The summed E-state index contributed by atoms with van der Waals surface area (Å²) in [5, 5.41) is 1.92. The van der Waals surface area contributed by atoms with Crippen LogP contribution in [0.2, 0.25) is 0 Å². The van der Waals surface area contributed by atoms with Gasteiger partial charge in [-0.15, -0.1) is 11.3 Å². The minimum atomic E-state index is -0.692. The molecule has 0 spiro atoms. The summed E-state index contributed by atoms with van der Waals surface area (Å²) in [5.74, 6) is -0.233. The van der Waals surface area contributed by atoms with E-state index in [9.17, 15) is 14.0 Å². The van der Waals surface area contributed by atoms with Gasteiger partial charge >= 0.3 is 5.97 Å². The minimum Gasteiger partial charge on any atom is -0.488 e. The van der Waals surface area contributed by atoms with Crippen molar-refractivity contribution >= 4 is 40.4 Å². The van der Waals surface area contributed by atoms with E-state index >= 15 is 0 Å². The lowest BCUT2D eigenvalue weighted by atomic mass is 9.97. The summed E-state index contributed by atoms with van der Waals surface area (Å²) in [6, 6.07) is 26.1. The molecule has 0 aliphatic carbocycles. The maximum atomic E-state index is 14.1. The average Bonchev–Trinajstić information content (AvgIpc) is 3.65. The number of para-hydroxylation sites is 1. The third-order valence-corrected chi connectivity index (χ3v) is 8.61. The Labute approximate surface area is 249 Å². The smallest absolute Gasteiger partial charge is 0.338 e. The van der Waals surface area contributed by atoms with E-state index in [-0.39, 0.29) is 24.6 Å². The normalized spacial score (nSPS) is 14.8. The molecule has 6 rings (SSSR count). The first-order valence-electron chi connectivity index (χ1n) is 13.3. The van der Waals surface area contributed by atoms with Crippen LogP contribution in [0.5, 0.6) is 5.75 Å². The number of hydrogen-bond donors (Lipinski definition) is 0. The van der Waals surface area contributed by atoms with Crippen molar-refractivity contribution in [3.8, 4) is 5.75 Å². The molecule has 0 unspecified atom stereocenters. The predicted molar refractivity (Wildman–Crippen MR) is 163 cm³/mol. The molecule has 42 heavy (non-hydrogen) atoms. The van der Waals surface area contributed by atoms with Gasteiger partial charge in [0.15, 0.2) is 4.80 Å². The summed E-state index contributed by atoms with van der Waals surface area (Å²) in [5.41, 5.74) is 2.85. The van der Waals surface area contributed by atoms with E-state index < -0.39 is 12.0 Å². The van der Waals surface area contributed by atoms with Crippen LogP contribution in [-0.4, -0.2) is 17.1 Å². The zero-order valence-electron chi connectivity index (χ0n) is 22.5. The fourth-order valence-corrected chi connectivity index (χ4v) is 6.59. The second-order valence-electron chi connectivity index (χ2n) is 9.40. The van der Waals surface area contributed by atoms with Gasteiger partial charge in [-0.1, -0.05) is 78.1 Å². The van der Waals surface area contributed by atoms with Crippen molar-refractivity contribution < 1.29 is 18.7 Å². The molecular formula is C33H25FN2O4S2. The monoisotopic (exact) mass is 596 g/mol. The van der Waals surface area contributed by atoms with Gasteiger partial charge in [0.05, 0.1) is 22.4 Å². The van der Waals surface area contributed by atoms with Gasteiger partial charge in [-0.25, -0.2) is 14.2 Å². The van der Waals surface area contributed by atoms with E-state index in [1.54, 1.807) is 29.7 Å². The third kappa shape index (κ3) is 5.48. The van der Waals surface area contributed by atoms with Crippen LogP contribution in [0.25, 0.3) is 11.8 Å². The van der Waals surface area contributed by atoms with Gasteiger partial charge in [0.1, 0.15) is 24.2 Å². The Morgan fingerprint density at radius 1 is 1.00 bits per heavy atom. The Bertz CT molecular complexity index is 1940. The second-order valence-corrected chi connectivity index (χ2v) is 11.4. The number of fused-ring (bicyclic) bond motifs is 1. The minimum absolute atomic E-state index is 0.195. The summed E-state index contributed by atoms with van der Waals surface area (Å²) in [6.07, 6.45) is 1.78. The summed E-state index contributed by atoms with van der Waals surface area (Å²) in [6.45, 7) is 2.19. The fourth-order valence-electron chi connectivity index (χ4n) is 4.77. The molecule has 1 atom stereocenters.